The summed E-state index contributed by atoms with van der Waals surface area (Å²) in [6.45, 7) is 9.24. The summed E-state index contributed by atoms with van der Waals surface area (Å²) in [5.74, 6) is 1.68. The van der Waals surface area contributed by atoms with E-state index in [9.17, 15) is 4.79 Å². The summed E-state index contributed by atoms with van der Waals surface area (Å²) in [4.78, 5) is 16.8. The van der Waals surface area contributed by atoms with Crippen LogP contribution in [0.15, 0.2) is 18.2 Å². The van der Waals surface area contributed by atoms with Crippen molar-refractivity contribution in [3.8, 4) is 5.75 Å². The number of nitrogens with one attached hydrogen (secondary N) is 1. The molecule has 1 unspecified atom stereocenters. The summed E-state index contributed by atoms with van der Waals surface area (Å²) in [7, 11) is 3.97. The average Bonchev–Trinajstić information content (AvgIpc) is 2.80. The molecule has 144 valence electrons. The van der Waals surface area contributed by atoms with Crippen molar-refractivity contribution in [2.45, 2.75) is 51.1 Å². The largest absolute Gasteiger partial charge is 0.496 e. The number of hydrogen-bond acceptors (Lipinski definition) is 4. The van der Waals surface area contributed by atoms with Crippen molar-refractivity contribution in [1.29, 1.82) is 0 Å². The van der Waals surface area contributed by atoms with Gasteiger partial charge in [0.15, 0.2) is 0 Å². The number of piperazine rings is 1. The van der Waals surface area contributed by atoms with E-state index < -0.39 is 0 Å². The lowest BCUT2D eigenvalue weighted by Crippen LogP contribution is -2.60. The van der Waals surface area contributed by atoms with Crippen molar-refractivity contribution in [3.63, 3.8) is 0 Å². The predicted octanol–water partition coefficient (Wildman–Crippen LogP) is 2.60. The number of carbonyl (C=O) groups is 1. The number of hydrogen-bond donors (Lipinski definition) is 1. The maximum absolute atomic E-state index is 11.8. The molecule has 0 aromatic heterocycles. The Morgan fingerprint density at radius 1 is 1.27 bits per heavy atom. The molecule has 0 radical (unpaired) electrons. The van der Waals surface area contributed by atoms with Crippen LogP contribution in [0.1, 0.15) is 50.2 Å². The monoisotopic (exact) mass is 359 g/mol. The lowest BCUT2D eigenvalue weighted by molar-refractivity contribution is -0.121. The minimum atomic E-state index is 0.0975. The van der Waals surface area contributed by atoms with Gasteiger partial charge in [-0.15, -0.1) is 0 Å². The zero-order valence-corrected chi connectivity index (χ0v) is 16.7. The van der Waals surface area contributed by atoms with Gasteiger partial charge in [-0.3, -0.25) is 14.6 Å². The van der Waals surface area contributed by atoms with Crippen LogP contribution in [0.25, 0.3) is 0 Å². The summed E-state index contributed by atoms with van der Waals surface area (Å²) in [6, 6.07) is 6.57. The fraction of sp³-hybridized carbons (Fsp3) is 0.667. The summed E-state index contributed by atoms with van der Waals surface area (Å²) in [5, 5.41) is 3.04. The van der Waals surface area contributed by atoms with Gasteiger partial charge in [-0.2, -0.15) is 0 Å². The second-order valence-electron chi connectivity index (χ2n) is 8.18. The molecule has 1 spiro atoms. The molecule has 0 saturated carbocycles. The van der Waals surface area contributed by atoms with Gasteiger partial charge in [0.1, 0.15) is 5.75 Å². The minimum Gasteiger partial charge on any atom is -0.496 e. The molecule has 5 heteroatoms. The first-order chi connectivity index (χ1) is 12.4. The Morgan fingerprint density at radius 2 is 2.08 bits per heavy atom. The SMILES string of the molecule is COc1ccc(C(C)C)cc1CN1CCN(C)C2(CCNC(=O)CC2)C1. The third-order valence-corrected chi connectivity index (χ3v) is 6.17. The fourth-order valence-electron chi connectivity index (χ4n) is 4.34. The van der Waals surface area contributed by atoms with Crippen LogP contribution in [-0.4, -0.2) is 61.6 Å². The molecule has 2 heterocycles. The Bertz CT molecular complexity index is 646. The van der Waals surface area contributed by atoms with Crippen molar-refractivity contribution < 1.29 is 9.53 Å². The normalized spacial score (nSPS) is 25.3. The zero-order valence-electron chi connectivity index (χ0n) is 16.7. The van der Waals surface area contributed by atoms with E-state index in [1.54, 1.807) is 7.11 Å². The van der Waals surface area contributed by atoms with Crippen LogP contribution >= 0.6 is 0 Å². The number of carbonyl (C=O) groups excluding carboxylic acids is 1. The summed E-state index contributed by atoms with van der Waals surface area (Å²) in [6.07, 6.45) is 2.59. The quantitative estimate of drug-likeness (QED) is 0.898. The minimum absolute atomic E-state index is 0.0975. The molecule has 1 amide bonds. The molecule has 3 rings (SSSR count). The van der Waals surface area contributed by atoms with Crippen LogP contribution in [0.4, 0.5) is 0 Å². The smallest absolute Gasteiger partial charge is 0.220 e. The summed E-state index contributed by atoms with van der Waals surface area (Å²) in [5.41, 5.74) is 2.72. The van der Waals surface area contributed by atoms with E-state index in [2.05, 4.69) is 54.2 Å². The van der Waals surface area contributed by atoms with Crippen LogP contribution in [-0.2, 0) is 11.3 Å². The number of methoxy groups -OCH3 is 1. The van der Waals surface area contributed by atoms with E-state index in [1.807, 2.05) is 0 Å². The van der Waals surface area contributed by atoms with Gasteiger partial charge in [0.2, 0.25) is 5.91 Å². The number of nitrogens with zero attached hydrogens (tertiary/aromatic N) is 2. The van der Waals surface area contributed by atoms with Gasteiger partial charge >= 0.3 is 0 Å². The van der Waals surface area contributed by atoms with Crippen LogP contribution < -0.4 is 10.1 Å². The highest BCUT2D eigenvalue weighted by atomic mass is 16.5. The molecule has 1 aromatic carbocycles. The van der Waals surface area contributed by atoms with Gasteiger partial charge in [0.25, 0.3) is 0 Å². The maximum atomic E-state index is 11.8. The predicted molar refractivity (Wildman–Crippen MR) is 105 cm³/mol. The number of rotatable bonds is 4. The Kier molecular flexibility index (Phi) is 5.88. The van der Waals surface area contributed by atoms with Crippen molar-refractivity contribution in [1.82, 2.24) is 15.1 Å². The Hall–Kier alpha value is -1.59. The first-order valence-electron chi connectivity index (χ1n) is 9.80. The molecule has 1 atom stereocenters. The Balaban J connectivity index is 1.78. The lowest BCUT2D eigenvalue weighted by atomic mass is 9.86. The highest BCUT2D eigenvalue weighted by molar-refractivity contribution is 5.76. The molecular formula is C21H33N3O2. The fourth-order valence-corrected chi connectivity index (χ4v) is 4.34. The van der Waals surface area contributed by atoms with E-state index >= 15 is 0 Å². The van der Waals surface area contributed by atoms with E-state index in [4.69, 9.17) is 4.74 Å². The van der Waals surface area contributed by atoms with E-state index in [0.717, 1.165) is 51.3 Å². The Labute approximate surface area is 157 Å². The number of likely N-dealkylation sites (N-methyl/N-ethyl adjacent to an activating group) is 1. The van der Waals surface area contributed by atoms with Crippen LogP contribution in [0.2, 0.25) is 0 Å². The van der Waals surface area contributed by atoms with Gasteiger partial charge in [0, 0.05) is 50.2 Å². The highest BCUT2D eigenvalue weighted by Gasteiger charge is 2.40. The van der Waals surface area contributed by atoms with E-state index in [1.165, 1.54) is 11.1 Å². The molecule has 1 N–H and O–H groups in total. The molecule has 2 aliphatic rings. The van der Waals surface area contributed by atoms with Gasteiger partial charge < -0.3 is 10.1 Å². The number of benzene rings is 1. The summed E-state index contributed by atoms with van der Waals surface area (Å²) < 4.78 is 5.62. The average molecular weight is 360 g/mol. The summed E-state index contributed by atoms with van der Waals surface area (Å²) >= 11 is 0. The van der Waals surface area contributed by atoms with E-state index in [0.29, 0.717) is 12.3 Å². The molecular weight excluding hydrogens is 326 g/mol. The number of ether oxygens (including phenoxy) is 1. The van der Waals surface area contributed by atoms with Gasteiger partial charge in [-0.25, -0.2) is 0 Å². The molecule has 0 bridgehead atoms. The van der Waals surface area contributed by atoms with Crippen molar-refractivity contribution >= 4 is 5.91 Å². The topological polar surface area (TPSA) is 44.8 Å². The first-order valence-corrected chi connectivity index (χ1v) is 9.80. The standard InChI is InChI=1S/C21H33N3O2/c1-16(2)17-5-6-19(26-4)18(13-17)14-24-12-11-23(3)21(15-24)8-7-20(25)22-10-9-21/h5-6,13,16H,7-12,14-15H2,1-4H3,(H,22,25). The molecule has 1 aromatic rings. The van der Waals surface area contributed by atoms with Crippen LogP contribution in [0.5, 0.6) is 5.75 Å². The van der Waals surface area contributed by atoms with Crippen molar-refractivity contribution in [2.24, 2.45) is 0 Å². The van der Waals surface area contributed by atoms with Gasteiger partial charge in [0.05, 0.1) is 7.11 Å². The van der Waals surface area contributed by atoms with Crippen molar-refractivity contribution in [3.05, 3.63) is 29.3 Å². The molecule has 2 saturated heterocycles. The second kappa shape index (κ2) is 7.97. The van der Waals surface area contributed by atoms with Gasteiger partial charge in [-0.05, 0) is 37.4 Å². The third kappa shape index (κ3) is 4.04. The Morgan fingerprint density at radius 3 is 2.81 bits per heavy atom. The molecule has 26 heavy (non-hydrogen) atoms. The molecule has 2 aliphatic heterocycles. The third-order valence-electron chi connectivity index (χ3n) is 6.17. The van der Waals surface area contributed by atoms with E-state index in [-0.39, 0.29) is 11.4 Å². The van der Waals surface area contributed by atoms with Crippen LogP contribution in [0.3, 0.4) is 0 Å². The van der Waals surface area contributed by atoms with Crippen LogP contribution in [0, 0.1) is 0 Å². The van der Waals surface area contributed by atoms with Crippen molar-refractivity contribution in [2.75, 3.05) is 40.3 Å². The molecule has 0 aliphatic carbocycles. The first kappa shape index (κ1) is 19.2. The molecule has 5 nitrogen and oxygen atoms in total. The lowest BCUT2D eigenvalue weighted by Gasteiger charge is -2.49. The number of amides is 1. The maximum Gasteiger partial charge on any atom is 0.220 e. The highest BCUT2D eigenvalue weighted by Crippen LogP contribution is 2.32. The second-order valence-corrected chi connectivity index (χ2v) is 8.18. The molecule has 2 fully saturated rings. The van der Waals surface area contributed by atoms with Gasteiger partial charge in [-0.1, -0.05) is 26.0 Å². The zero-order chi connectivity index (χ0) is 18.7.